The predicted octanol–water partition coefficient (Wildman–Crippen LogP) is 7.02. The number of nitro groups is 3. The molecule has 0 aliphatic heterocycles. The number of pyridine rings is 3. The first-order valence-electron chi connectivity index (χ1n) is 16.6. The van der Waals surface area contributed by atoms with Gasteiger partial charge in [0.25, 0.3) is 17.1 Å². The fourth-order valence-corrected chi connectivity index (χ4v) is 4.37. The lowest BCUT2D eigenvalue weighted by Crippen LogP contribution is -2.20. The van der Waals surface area contributed by atoms with Gasteiger partial charge >= 0.3 is 18.1 Å². The van der Waals surface area contributed by atoms with Crippen molar-refractivity contribution in [3.63, 3.8) is 0 Å². The molecule has 0 aliphatic carbocycles. The zero-order valence-electron chi connectivity index (χ0n) is 30.3. The van der Waals surface area contributed by atoms with E-state index in [1.807, 2.05) is 0 Å². The number of nitrogens with zero attached hydrogens (tertiary/aromatic N) is 6. The van der Waals surface area contributed by atoms with Crippen LogP contribution in [0, 0.1) is 30.3 Å². The monoisotopic (exact) mass is 822 g/mol. The van der Waals surface area contributed by atoms with Crippen LogP contribution in [0.4, 0.5) is 65.7 Å². The number of benzene rings is 3. The summed E-state index contributed by atoms with van der Waals surface area (Å²) in [7, 11) is 0. The Morgan fingerprint density at radius 1 is 0.467 bits per heavy atom. The van der Waals surface area contributed by atoms with E-state index in [0.29, 0.717) is 17.2 Å². The Balaban J connectivity index is 0.000000198. The van der Waals surface area contributed by atoms with Crippen molar-refractivity contribution in [1.29, 1.82) is 0 Å². The minimum Gasteiger partial charge on any atom is -0.506 e. The van der Waals surface area contributed by atoms with Gasteiger partial charge in [0.05, 0.1) is 61.9 Å². The Kier molecular flexibility index (Phi) is 15.1. The van der Waals surface area contributed by atoms with Crippen molar-refractivity contribution in [3.05, 3.63) is 158 Å². The summed E-state index contributed by atoms with van der Waals surface area (Å²) in [5, 5.41) is 74.9. The molecule has 0 saturated carbocycles. The fraction of sp³-hybridized carbons (Fsp3) is 0. The molecule has 24 nitrogen and oxygen atoms in total. The zero-order valence-corrected chi connectivity index (χ0v) is 30.3. The van der Waals surface area contributed by atoms with Gasteiger partial charge in [-0.25, -0.2) is 19.4 Å². The number of phenolic OH excluding ortho intramolecular Hbond substituents is 3. The van der Waals surface area contributed by atoms with Gasteiger partial charge in [0, 0.05) is 48.7 Å². The van der Waals surface area contributed by atoms with Crippen LogP contribution < -0.4 is 31.9 Å². The third kappa shape index (κ3) is 13.7. The van der Waals surface area contributed by atoms with E-state index in [4.69, 9.17) is 0 Å². The average molecular weight is 823 g/mol. The van der Waals surface area contributed by atoms with Crippen LogP contribution in [-0.4, -0.2) is 63.1 Å². The molecule has 0 saturated heterocycles. The number of nitro benzene ring substituents is 3. The first kappa shape index (κ1) is 43.3. The summed E-state index contributed by atoms with van der Waals surface area (Å²) in [5.41, 5.74) is 0.412. The molecule has 6 amide bonds. The Hall–Kier alpha value is -9.48. The first-order valence-corrected chi connectivity index (χ1v) is 16.6. The Morgan fingerprint density at radius 3 is 1.30 bits per heavy atom. The maximum Gasteiger partial charge on any atom is 0.324 e. The number of aromatic nitrogens is 3. The fourth-order valence-electron chi connectivity index (χ4n) is 4.37. The summed E-state index contributed by atoms with van der Waals surface area (Å²) in [6, 6.07) is 19.8. The van der Waals surface area contributed by atoms with Crippen molar-refractivity contribution < 1.29 is 44.5 Å². The van der Waals surface area contributed by atoms with Crippen molar-refractivity contribution in [3.8, 4) is 17.2 Å². The average Bonchev–Trinajstić information content (AvgIpc) is 3.21. The van der Waals surface area contributed by atoms with Gasteiger partial charge in [0.2, 0.25) is 0 Å². The van der Waals surface area contributed by atoms with E-state index in [9.17, 15) is 60.0 Å². The summed E-state index contributed by atoms with van der Waals surface area (Å²) in [6.07, 6.45) is 7.55. The second-order valence-corrected chi connectivity index (χ2v) is 11.3. The standard InChI is InChI=1S/3C12H10N4O4/c17-11-7-9(16(19)20)1-2-10(11)15-12(18)14-8-3-5-13-6-4-8;17-11-6-9(16(19)20)3-4-10(11)15-12(18)14-8-2-1-5-13-7-8;17-10-7-8(16(19)20)4-5-9(10)14-12(18)15-11-3-1-2-6-13-11/h1-7,17H,(H2,13,14,15,18);1-7,17H,(H2,14,15,18);1-7,17H,(H2,13,14,15,18). The van der Waals surface area contributed by atoms with Crippen molar-refractivity contribution in [2.45, 2.75) is 0 Å². The van der Waals surface area contributed by atoms with Gasteiger partial charge in [-0.3, -0.25) is 45.6 Å². The van der Waals surface area contributed by atoms with E-state index < -0.39 is 38.6 Å². The number of aromatic hydroxyl groups is 3. The molecule has 0 bridgehead atoms. The van der Waals surface area contributed by atoms with Gasteiger partial charge in [-0.1, -0.05) is 6.07 Å². The zero-order chi connectivity index (χ0) is 43.6. The predicted molar refractivity (Wildman–Crippen MR) is 215 cm³/mol. The number of hydrogen-bond donors (Lipinski definition) is 9. The van der Waals surface area contributed by atoms with Gasteiger partial charge in [-0.15, -0.1) is 0 Å². The Bertz CT molecular complexity index is 2210. The summed E-state index contributed by atoms with van der Waals surface area (Å²) in [6.45, 7) is 0. The third-order valence-electron chi connectivity index (χ3n) is 7.09. The van der Waals surface area contributed by atoms with Crippen LogP contribution in [0.15, 0.2) is 128 Å². The van der Waals surface area contributed by atoms with E-state index >= 15 is 0 Å². The normalized spacial score (nSPS) is 9.80. The lowest BCUT2D eigenvalue weighted by molar-refractivity contribution is -0.385. The van der Waals surface area contributed by atoms with Crippen molar-refractivity contribution in [2.75, 3.05) is 31.9 Å². The molecule has 60 heavy (non-hydrogen) atoms. The van der Waals surface area contributed by atoms with E-state index in [1.54, 1.807) is 48.7 Å². The second kappa shape index (κ2) is 21.0. The molecular weight excluding hydrogens is 792 g/mol. The molecule has 0 atom stereocenters. The molecule has 3 heterocycles. The second-order valence-electron chi connectivity index (χ2n) is 11.3. The number of amides is 6. The van der Waals surface area contributed by atoms with E-state index in [1.165, 1.54) is 61.2 Å². The smallest absolute Gasteiger partial charge is 0.324 e. The number of non-ortho nitro benzene ring substituents is 3. The molecular formula is C36H30N12O12. The molecule has 24 heteroatoms. The SMILES string of the molecule is O=C(Nc1ccccn1)Nc1ccc([N+](=O)[O-])cc1O.O=C(Nc1cccnc1)Nc1ccc([N+](=O)[O-])cc1O.O=C(Nc1ccncc1)Nc1ccc([N+](=O)[O-])cc1O. The number of hydrogen-bond acceptors (Lipinski definition) is 15. The molecule has 3 aromatic heterocycles. The molecule has 6 aromatic rings. The largest absolute Gasteiger partial charge is 0.506 e. The number of phenols is 3. The highest BCUT2D eigenvalue weighted by atomic mass is 16.6. The van der Waals surface area contributed by atoms with E-state index in [2.05, 4.69) is 46.9 Å². The van der Waals surface area contributed by atoms with E-state index in [0.717, 1.165) is 18.2 Å². The van der Waals surface area contributed by atoms with Crippen LogP contribution in [0.25, 0.3) is 0 Å². The number of nitrogens with one attached hydrogen (secondary N) is 6. The molecule has 3 aromatic carbocycles. The summed E-state index contributed by atoms with van der Waals surface area (Å²) >= 11 is 0. The lowest BCUT2D eigenvalue weighted by Gasteiger charge is -2.08. The van der Waals surface area contributed by atoms with Crippen molar-refractivity contribution in [1.82, 2.24) is 15.0 Å². The highest BCUT2D eigenvalue weighted by molar-refractivity contribution is 6.02. The summed E-state index contributed by atoms with van der Waals surface area (Å²) in [5.74, 6) is -0.827. The van der Waals surface area contributed by atoms with Crippen LogP contribution in [0.2, 0.25) is 0 Å². The molecule has 0 radical (unpaired) electrons. The number of carbonyl (C=O) groups is 3. The van der Waals surface area contributed by atoms with Crippen LogP contribution in [0.3, 0.4) is 0 Å². The van der Waals surface area contributed by atoms with Crippen LogP contribution >= 0.6 is 0 Å². The van der Waals surface area contributed by atoms with Gasteiger partial charge < -0.3 is 41.9 Å². The topological polar surface area (TPSA) is 352 Å². The van der Waals surface area contributed by atoms with E-state index in [-0.39, 0.29) is 45.6 Å². The molecule has 0 spiro atoms. The number of urea groups is 3. The number of carbonyl (C=O) groups excluding carboxylic acids is 3. The minimum atomic E-state index is -0.641. The molecule has 9 N–H and O–H groups in total. The maximum atomic E-state index is 11.7. The molecule has 0 aliphatic rings. The highest BCUT2D eigenvalue weighted by Gasteiger charge is 2.15. The van der Waals surface area contributed by atoms with Gasteiger partial charge in [0.15, 0.2) is 0 Å². The molecule has 0 fully saturated rings. The summed E-state index contributed by atoms with van der Waals surface area (Å²) in [4.78, 5) is 76.1. The van der Waals surface area contributed by atoms with Crippen molar-refractivity contribution in [2.24, 2.45) is 0 Å². The lowest BCUT2D eigenvalue weighted by atomic mass is 10.2. The molecule has 0 unspecified atom stereocenters. The minimum absolute atomic E-state index is 0.0593. The van der Waals surface area contributed by atoms with Gasteiger partial charge in [-0.2, -0.15) is 0 Å². The van der Waals surface area contributed by atoms with Crippen LogP contribution in [-0.2, 0) is 0 Å². The van der Waals surface area contributed by atoms with Crippen LogP contribution in [0.1, 0.15) is 0 Å². The Morgan fingerprint density at radius 2 is 0.917 bits per heavy atom. The van der Waals surface area contributed by atoms with Gasteiger partial charge in [-0.05, 0) is 54.6 Å². The highest BCUT2D eigenvalue weighted by Crippen LogP contribution is 2.30. The Labute approximate surface area is 336 Å². The van der Waals surface area contributed by atoms with Gasteiger partial charge in [0.1, 0.15) is 23.1 Å². The van der Waals surface area contributed by atoms with Crippen molar-refractivity contribution >= 4 is 69.4 Å². The first-order chi connectivity index (χ1) is 28.7. The maximum absolute atomic E-state index is 11.7. The number of anilines is 6. The third-order valence-corrected chi connectivity index (χ3v) is 7.09. The van der Waals surface area contributed by atoms with Crippen LogP contribution in [0.5, 0.6) is 17.2 Å². The molecule has 306 valence electrons. The summed E-state index contributed by atoms with van der Waals surface area (Å²) < 4.78 is 0. The number of rotatable bonds is 9. The quantitative estimate of drug-likeness (QED) is 0.0402. The molecule has 6 rings (SSSR count).